The lowest BCUT2D eigenvalue weighted by Crippen LogP contribution is -2.52. The van der Waals surface area contributed by atoms with E-state index in [-0.39, 0.29) is 19.1 Å². The summed E-state index contributed by atoms with van der Waals surface area (Å²) in [6, 6.07) is 0. The van der Waals surface area contributed by atoms with E-state index in [1.54, 1.807) is 13.8 Å². The summed E-state index contributed by atoms with van der Waals surface area (Å²) in [5.74, 6) is 0.132. The number of amides is 1. The number of hydrogen-bond acceptors (Lipinski definition) is 5. The van der Waals surface area contributed by atoms with Crippen LogP contribution >= 0.6 is 0 Å². The number of rotatable bonds is 5. The van der Waals surface area contributed by atoms with Crippen molar-refractivity contribution in [3.05, 3.63) is 17.0 Å². The summed E-state index contributed by atoms with van der Waals surface area (Å²) in [7, 11) is 0. The monoisotopic (exact) mass is 256 g/mol. The normalized spacial score (nSPS) is 11.9. The molecule has 1 amide bonds. The van der Waals surface area contributed by atoms with Crippen LogP contribution in [0, 0.1) is 6.92 Å². The lowest BCUT2D eigenvalue weighted by atomic mass is 10.0. The van der Waals surface area contributed by atoms with E-state index >= 15 is 0 Å². The van der Waals surface area contributed by atoms with Gasteiger partial charge in [0.05, 0.1) is 24.4 Å². The van der Waals surface area contributed by atoms with Crippen molar-refractivity contribution in [3.8, 4) is 0 Å². The van der Waals surface area contributed by atoms with Gasteiger partial charge in [-0.2, -0.15) is 0 Å². The van der Waals surface area contributed by atoms with Crippen molar-refractivity contribution in [2.45, 2.75) is 39.2 Å². The number of hydrogen-bond donors (Lipinski definition) is 3. The summed E-state index contributed by atoms with van der Waals surface area (Å²) in [5, 5.41) is 24.7. The molecule has 6 heteroatoms. The molecule has 0 spiro atoms. The zero-order valence-electron chi connectivity index (χ0n) is 11.1. The average Bonchev–Trinajstić information content (AvgIpc) is 2.71. The topological polar surface area (TPSA) is 95.6 Å². The second-order valence-electron chi connectivity index (χ2n) is 4.99. The van der Waals surface area contributed by atoms with E-state index in [4.69, 9.17) is 14.7 Å². The maximum atomic E-state index is 12.2. The van der Waals surface area contributed by atoms with Gasteiger partial charge in [0.2, 0.25) is 0 Å². The molecule has 1 aromatic rings. The van der Waals surface area contributed by atoms with Crippen LogP contribution < -0.4 is 5.32 Å². The molecule has 1 heterocycles. The summed E-state index contributed by atoms with van der Waals surface area (Å²) in [6.45, 7) is 6.33. The van der Waals surface area contributed by atoms with Crippen LogP contribution in [0.3, 0.4) is 0 Å². The molecule has 1 aromatic heterocycles. The van der Waals surface area contributed by atoms with Crippen LogP contribution in [0.2, 0.25) is 0 Å². The lowest BCUT2D eigenvalue weighted by Gasteiger charge is -2.26. The molecule has 0 aliphatic rings. The average molecular weight is 256 g/mol. The minimum Gasteiger partial charge on any atom is -0.394 e. The quantitative estimate of drug-likeness (QED) is 0.716. The van der Waals surface area contributed by atoms with E-state index in [2.05, 4.69) is 10.5 Å². The predicted octanol–water partition coefficient (Wildman–Crippen LogP) is 0.580. The van der Waals surface area contributed by atoms with E-state index in [9.17, 15) is 4.79 Å². The van der Waals surface area contributed by atoms with Crippen molar-refractivity contribution in [1.29, 1.82) is 0 Å². The molecule has 0 aliphatic carbocycles. The Morgan fingerprint density at radius 1 is 1.44 bits per heavy atom. The van der Waals surface area contributed by atoms with Crippen molar-refractivity contribution in [2.75, 3.05) is 13.2 Å². The number of aliphatic hydroxyl groups excluding tert-OH is 2. The third-order valence-electron chi connectivity index (χ3n) is 2.75. The molecule has 1 rings (SSSR count). The Kier molecular flexibility index (Phi) is 4.48. The van der Waals surface area contributed by atoms with E-state index in [0.29, 0.717) is 17.0 Å². The first-order valence-electron chi connectivity index (χ1n) is 5.85. The number of nitrogens with zero attached hydrogens (tertiary/aromatic N) is 1. The smallest absolute Gasteiger partial charge is 0.257 e. The molecular weight excluding hydrogens is 236 g/mol. The Morgan fingerprint density at radius 2 is 2.00 bits per heavy atom. The van der Waals surface area contributed by atoms with Gasteiger partial charge in [-0.05, 0) is 13.8 Å². The Hall–Kier alpha value is -1.40. The van der Waals surface area contributed by atoms with Gasteiger partial charge >= 0.3 is 0 Å². The third-order valence-corrected chi connectivity index (χ3v) is 2.75. The molecule has 6 nitrogen and oxygen atoms in total. The van der Waals surface area contributed by atoms with E-state index in [0.717, 1.165) is 0 Å². The van der Waals surface area contributed by atoms with Gasteiger partial charge < -0.3 is 20.1 Å². The van der Waals surface area contributed by atoms with Crippen LogP contribution in [-0.4, -0.2) is 40.0 Å². The minimum atomic E-state index is -1.06. The van der Waals surface area contributed by atoms with Crippen molar-refractivity contribution in [3.63, 3.8) is 0 Å². The molecule has 0 unspecified atom stereocenters. The molecule has 3 N–H and O–H groups in total. The second kappa shape index (κ2) is 5.49. The highest BCUT2D eigenvalue weighted by Gasteiger charge is 2.29. The summed E-state index contributed by atoms with van der Waals surface area (Å²) in [5.41, 5.74) is -0.192. The molecule has 0 saturated carbocycles. The first-order valence-corrected chi connectivity index (χ1v) is 5.85. The molecule has 0 radical (unpaired) electrons. The predicted molar refractivity (Wildman–Crippen MR) is 65.4 cm³/mol. The minimum absolute atomic E-state index is 0.0291. The lowest BCUT2D eigenvalue weighted by molar-refractivity contribution is 0.0721. The van der Waals surface area contributed by atoms with Crippen molar-refractivity contribution >= 4 is 5.91 Å². The molecule has 0 saturated heterocycles. The van der Waals surface area contributed by atoms with Gasteiger partial charge in [-0.15, -0.1) is 0 Å². The highest BCUT2D eigenvalue weighted by Crippen LogP contribution is 2.22. The standard InChI is InChI=1S/C12H20N2O4/c1-7(2)10-9(8(3)14-18-10)11(17)13-12(4,5-15)6-16/h7,15-16H,5-6H2,1-4H3,(H,13,17). The van der Waals surface area contributed by atoms with Crippen LogP contribution in [0.5, 0.6) is 0 Å². The zero-order valence-corrected chi connectivity index (χ0v) is 11.1. The van der Waals surface area contributed by atoms with Crippen molar-refractivity contribution in [1.82, 2.24) is 10.5 Å². The summed E-state index contributed by atoms with van der Waals surface area (Å²) < 4.78 is 5.12. The van der Waals surface area contributed by atoms with E-state index in [1.807, 2.05) is 13.8 Å². The largest absolute Gasteiger partial charge is 0.394 e. The Balaban J connectivity index is 3.01. The van der Waals surface area contributed by atoms with Crippen molar-refractivity contribution in [2.24, 2.45) is 0 Å². The van der Waals surface area contributed by atoms with Crippen LogP contribution in [0.15, 0.2) is 4.52 Å². The van der Waals surface area contributed by atoms with Gasteiger partial charge in [0, 0.05) is 5.92 Å². The molecule has 0 atom stereocenters. The van der Waals surface area contributed by atoms with Gasteiger partial charge in [-0.1, -0.05) is 19.0 Å². The molecule has 102 valence electrons. The molecule has 0 bridgehead atoms. The number of aromatic nitrogens is 1. The van der Waals surface area contributed by atoms with E-state index < -0.39 is 11.4 Å². The SMILES string of the molecule is Cc1noc(C(C)C)c1C(=O)NC(C)(CO)CO. The number of aliphatic hydroxyl groups is 2. The fraction of sp³-hybridized carbons (Fsp3) is 0.667. The molecule has 0 aromatic carbocycles. The summed E-state index contributed by atoms with van der Waals surface area (Å²) in [6.07, 6.45) is 0. The third kappa shape index (κ3) is 2.88. The van der Waals surface area contributed by atoms with Crippen molar-refractivity contribution < 1.29 is 19.5 Å². The first kappa shape index (κ1) is 14.7. The molecular formula is C12H20N2O4. The number of aryl methyl sites for hydroxylation is 1. The Bertz CT molecular complexity index is 422. The van der Waals surface area contributed by atoms with Gasteiger partial charge in [0.15, 0.2) is 5.76 Å². The Labute approximate surface area is 106 Å². The van der Waals surface area contributed by atoms with Gasteiger partial charge in [0.1, 0.15) is 5.56 Å². The van der Waals surface area contributed by atoms with Gasteiger partial charge in [-0.3, -0.25) is 4.79 Å². The van der Waals surface area contributed by atoms with Crippen LogP contribution in [0.25, 0.3) is 0 Å². The maximum Gasteiger partial charge on any atom is 0.257 e. The fourth-order valence-electron chi connectivity index (χ4n) is 1.52. The van der Waals surface area contributed by atoms with Gasteiger partial charge in [-0.25, -0.2) is 0 Å². The number of carbonyl (C=O) groups is 1. The summed E-state index contributed by atoms with van der Waals surface area (Å²) in [4.78, 5) is 12.2. The summed E-state index contributed by atoms with van der Waals surface area (Å²) >= 11 is 0. The zero-order chi connectivity index (χ0) is 13.9. The highest BCUT2D eigenvalue weighted by molar-refractivity contribution is 5.96. The first-order chi connectivity index (χ1) is 8.34. The van der Waals surface area contributed by atoms with Crippen LogP contribution in [-0.2, 0) is 0 Å². The maximum absolute atomic E-state index is 12.2. The highest BCUT2D eigenvalue weighted by atomic mass is 16.5. The fourth-order valence-corrected chi connectivity index (χ4v) is 1.52. The Morgan fingerprint density at radius 3 is 2.44 bits per heavy atom. The molecule has 0 aliphatic heterocycles. The second-order valence-corrected chi connectivity index (χ2v) is 4.99. The number of nitrogens with one attached hydrogen (secondary N) is 1. The van der Waals surface area contributed by atoms with E-state index in [1.165, 1.54) is 0 Å². The molecule has 18 heavy (non-hydrogen) atoms. The molecule has 0 fully saturated rings. The number of carbonyl (C=O) groups excluding carboxylic acids is 1. The van der Waals surface area contributed by atoms with Crippen LogP contribution in [0.4, 0.5) is 0 Å². The van der Waals surface area contributed by atoms with Gasteiger partial charge in [0.25, 0.3) is 5.91 Å². The van der Waals surface area contributed by atoms with Crippen LogP contribution in [0.1, 0.15) is 48.5 Å².